The van der Waals surface area contributed by atoms with E-state index in [2.05, 4.69) is 21.4 Å². The van der Waals surface area contributed by atoms with E-state index in [9.17, 15) is 4.79 Å². The molecule has 4 rings (SSSR count). The molecule has 1 aliphatic rings. The molecule has 3 aromatic rings. The molecule has 0 spiro atoms. The number of carbonyl (C=O) groups excluding carboxylic acids is 1. The molecule has 0 radical (unpaired) electrons. The SMILES string of the molecule is COc1ccc(C2CCCCC2NC(=O)c2ccc3nc[nH]c3c2)cc1OC. The van der Waals surface area contributed by atoms with Gasteiger partial charge in [-0.25, -0.2) is 4.98 Å². The number of nitrogens with zero attached hydrogens (tertiary/aromatic N) is 1. The first-order valence-electron chi connectivity index (χ1n) is 9.65. The van der Waals surface area contributed by atoms with Crippen LogP contribution < -0.4 is 14.8 Å². The van der Waals surface area contributed by atoms with E-state index in [0.717, 1.165) is 48.2 Å². The molecule has 2 aromatic carbocycles. The number of aromatic amines is 1. The standard InChI is InChI=1S/C22H25N3O3/c1-27-20-10-8-14(12-21(20)28-2)16-5-3-4-6-17(16)25-22(26)15-7-9-18-19(11-15)24-13-23-18/h7-13,16-17H,3-6H2,1-2H3,(H,23,24)(H,25,26). The molecule has 1 amide bonds. The Morgan fingerprint density at radius 3 is 2.71 bits per heavy atom. The fourth-order valence-corrected chi connectivity index (χ4v) is 4.11. The van der Waals surface area contributed by atoms with Crippen molar-refractivity contribution in [3.63, 3.8) is 0 Å². The fourth-order valence-electron chi connectivity index (χ4n) is 4.11. The van der Waals surface area contributed by atoms with Crippen molar-refractivity contribution in [2.45, 2.75) is 37.6 Å². The summed E-state index contributed by atoms with van der Waals surface area (Å²) < 4.78 is 10.8. The Morgan fingerprint density at radius 1 is 1.07 bits per heavy atom. The van der Waals surface area contributed by atoms with Gasteiger partial charge in [0.25, 0.3) is 5.91 Å². The van der Waals surface area contributed by atoms with Crippen molar-refractivity contribution in [2.24, 2.45) is 0 Å². The summed E-state index contributed by atoms with van der Waals surface area (Å²) in [7, 11) is 3.28. The zero-order valence-corrected chi connectivity index (χ0v) is 16.2. The summed E-state index contributed by atoms with van der Waals surface area (Å²) in [4.78, 5) is 20.2. The van der Waals surface area contributed by atoms with Crippen molar-refractivity contribution in [3.8, 4) is 11.5 Å². The molecule has 0 bridgehead atoms. The Hall–Kier alpha value is -3.02. The molecule has 0 saturated heterocycles. The minimum Gasteiger partial charge on any atom is -0.493 e. The molecule has 2 atom stereocenters. The van der Waals surface area contributed by atoms with Crippen LogP contribution in [-0.4, -0.2) is 36.1 Å². The van der Waals surface area contributed by atoms with Gasteiger partial charge in [-0.1, -0.05) is 18.9 Å². The molecular weight excluding hydrogens is 354 g/mol. The van der Waals surface area contributed by atoms with Crippen molar-refractivity contribution in [1.29, 1.82) is 0 Å². The molecule has 28 heavy (non-hydrogen) atoms. The molecule has 6 heteroatoms. The second-order valence-corrected chi connectivity index (χ2v) is 7.22. The first kappa shape index (κ1) is 18.3. The maximum atomic E-state index is 12.9. The van der Waals surface area contributed by atoms with E-state index in [-0.39, 0.29) is 17.9 Å². The number of amides is 1. The average Bonchev–Trinajstić information content (AvgIpc) is 3.21. The number of rotatable bonds is 5. The summed E-state index contributed by atoms with van der Waals surface area (Å²) >= 11 is 0. The number of nitrogens with one attached hydrogen (secondary N) is 2. The number of ether oxygens (including phenoxy) is 2. The van der Waals surface area contributed by atoms with Crippen molar-refractivity contribution in [3.05, 3.63) is 53.9 Å². The fraction of sp³-hybridized carbons (Fsp3) is 0.364. The molecule has 1 saturated carbocycles. The Balaban J connectivity index is 1.56. The van der Waals surface area contributed by atoms with E-state index < -0.39 is 0 Å². The highest BCUT2D eigenvalue weighted by Crippen LogP contribution is 2.37. The molecule has 1 fully saturated rings. The molecular formula is C22H25N3O3. The van der Waals surface area contributed by atoms with Gasteiger partial charge in [0, 0.05) is 17.5 Å². The van der Waals surface area contributed by atoms with E-state index in [4.69, 9.17) is 9.47 Å². The van der Waals surface area contributed by atoms with Gasteiger partial charge >= 0.3 is 0 Å². The smallest absolute Gasteiger partial charge is 0.251 e. The zero-order valence-electron chi connectivity index (χ0n) is 16.2. The molecule has 6 nitrogen and oxygen atoms in total. The van der Waals surface area contributed by atoms with Gasteiger partial charge in [0.05, 0.1) is 31.6 Å². The third-order valence-electron chi connectivity index (χ3n) is 5.60. The molecule has 146 valence electrons. The average molecular weight is 379 g/mol. The van der Waals surface area contributed by atoms with Crippen LogP contribution in [0.2, 0.25) is 0 Å². The minimum absolute atomic E-state index is 0.0473. The monoisotopic (exact) mass is 379 g/mol. The number of aromatic nitrogens is 2. The third-order valence-corrected chi connectivity index (χ3v) is 5.60. The lowest BCUT2D eigenvalue weighted by atomic mass is 9.79. The lowest BCUT2D eigenvalue weighted by Gasteiger charge is -2.33. The summed E-state index contributed by atoms with van der Waals surface area (Å²) in [6.07, 6.45) is 5.93. The lowest BCUT2D eigenvalue weighted by molar-refractivity contribution is 0.0921. The van der Waals surface area contributed by atoms with E-state index in [1.807, 2.05) is 30.3 Å². The largest absolute Gasteiger partial charge is 0.493 e. The molecule has 1 aromatic heterocycles. The van der Waals surface area contributed by atoms with Gasteiger partial charge in [0.2, 0.25) is 0 Å². The zero-order chi connectivity index (χ0) is 19.5. The highest BCUT2D eigenvalue weighted by molar-refractivity contribution is 5.97. The van der Waals surface area contributed by atoms with E-state index in [1.165, 1.54) is 5.56 Å². The number of hydrogen-bond donors (Lipinski definition) is 2. The summed E-state index contributed by atoms with van der Waals surface area (Å²) in [6.45, 7) is 0. The van der Waals surface area contributed by atoms with Crippen LogP contribution in [0.25, 0.3) is 11.0 Å². The van der Waals surface area contributed by atoms with E-state index >= 15 is 0 Å². The summed E-state index contributed by atoms with van der Waals surface area (Å²) in [5.74, 6) is 1.65. The maximum Gasteiger partial charge on any atom is 0.251 e. The van der Waals surface area contributed by atoms with Gasteiger partial charge in [-0.15, -0.1) is 0 Å². The molecule has 1 heterocycles. The molecule has 2 unspecified atom stereocenters. The third kappa shape index (κ3) is 3.54. The number of hydrogen-bond acceptors (Lipinski definition) is 4. The van der Waals surface area contributed by atoms with Crippen LogP contribution in [0.1, 0.15) is 47.5 Å². The van der Waals surface area contributed by atoms with Crippen molar-refractivity contribution in [2.75, 3.05) is 14.2 Å². The Morgan fingerprint density at radius 2 is 1.89 bits per heavy atom. The predicted octanol–water partition coefficient (Wildman–Crippen LogP) is 4.04. The number of H-pyrrole nitrogens is 1. The maximum absolute atomic E-state index is 12.9. The lowest BCUT2D eigenvalue weighted by Crippen LogP contribution is -2.41. The van der Waals surface area contributed by atoms with Gasteiger partial charge < -0.3 is 19.8 Å². The number of benzene rings is 2. The Bertz CT molecular complexity index is 982. The molecule has 1 aliphatic carbocycles. The van der Waals surface area contributed by atoms with Gasteiger partial charge in [-0.2, -0.15) is 0 Å². The van der Waals surface area contributed by atoms with Crippen LogP contribution in [0.5, 0.6) is 11.5 Å². The van der Waals surface area contributed by atoms with E-state index in [1.54, 1.807) is 20.5 Å². The van der Waals surface area contributed by atoms with Crippen molar-refractivity contribution >= 4 is 16.9 Å². The van der Waals surface area contributed by atoms with E-state index in [0.29, 0.717) is 5.56 Å². The number of imidazole rings is 1. The second kappa shape index (κ2) is 7.92. The topological polar surface area (TPSA) is 76.2 Å². The van der Waals surface area contributed by atoms with Crippen LogP contribution in [0, 0.1) is 0 Å². The Labute approximate surface area is 164 Å². The van der Waals surface area contributed by atoms with Gasteiger partial charge in [0.15, 0.2) is 11.5 Å². The van der Waals surface area contributed by atoms with Crippen LogP contribution in [0.15, 0.2) is 42.7 Å². The number of carbonyl (C=O) groups is 1. The van der Waals surface area contributed by atoms with Crippen molar-refractivity contribution < 1.29 is 14.3 Å². The molecule has 2 N–H and O–H groups in total. The minimum atomic E-state index is -0.0473. The quantitative estimate of drug-likeness (QED) is 0.702. The van der Waals surface area contributed by atoms with Crippen LogP contribution in [0.3, 0.4) is 0 Å². The number of fused-ring (bicyclic) bond motifs is 1. The molecule has 0 aliphatic heterocycles. The Kier molecular flexibility index (Phi) is 5.19. The first-order chi connectivity index (χ1) is 13.7. The second-order valence-electron chi connectivity index (χ2n) is 7.22. The normalized spacial score (nSPS) is 19.4. The van der Waals surface area contributed by atoms with Crippen LogP contribution in [0.4, 0.5) is 0 Å². The predicted molar refractivity (Wildman–Crippen MR) is 108 cm³/mol. The van der Waals surface area contributed by atoms with Gasteiger partial charge in [-0.05, 0) is 48.7 Å². The van der Waals surface area contributed by atoms with Crippen molar-refractivity contribution in [1.82, 2.24) is 15.3 Å². The highest BCUT2D eigenvalue weighted by Gasteiger charge is 2.29. The summed E-state index contributed by atoms with van der Waals surface area (Å²) in [5, 5.41) is 3.26. The summed E-state index contributed by atoms with van der Waals surface area (Å²) in [6, 6.07) is 11.7. The summed E-state index contributed by atoms with van der Waals surface area (Å²) in [5.41, 5.74) is 3.55. The van der Waals surface area contributed by atoms with Crippen LogP contribution in [-0.2, 0) is 0 Å². The number of methoxy groups -OCH3 is 2. The highest BCUT2D eigenvalue weighted by atomic mass is 16.5. The van der Waals surface area contributed by atoms with Gasteiger partial charge in [-0.3, -0.25) is 4.79 Å². The first-order valence-corrected chi connectivity index (χ1v) is 9.65. The van der Waals surface area contributed by atoms with Gasteiger partial charge in [0.1, 0.15) is 0 Å². The van der Waals surface area contributed by atoms with Crippen LogP contribution >= 0.6 is 0 Å².